The van der Waals surface area contributed by atoms with Crippen LogP contribution in [0.2, 0.25) is 0 Å². The van der Waals surface area contributed by atoms with Gasteiger partial charge in [-0.2, -0.15) is 5.10 Å². The van der Waals surface area contributed by atoms with Gasteiger partial charge in [-0.1, -0.05) is 17.3 Å². The normalized spacial score (nSPS) is 11.7. The van der Waals surface area contributed by atoms with Crippen molar-refractivity contribution in [1.82, 2.24) is 35.4 Å². The van der Waals surface area contributed by atoms with Gasteiger partial charge < -0.3 is 0 Å². The lowest BCUT2D eigenvalue weighted by Crippen LogP contribution is -2.19. The number of carbonyl (C=O) groups is 1. The second-order valence-corrected chi connectivity index (χ2v) is 7.19. The Bertz CT molecular complexity index is 1460. The minimum atomic E-state index is -0.315. The Labute approximate surface area is 182 Å². The minimum Gasteiger partial charge on any atom is -0.267 e. The van der Waals surface area contributed by atoms with Crippen LogP contribution in [0.15, 0.2) is 78.3 Å². The van der Waals surface area contributed by atoms with E-state index in [0.717, 1.165) is 16.5 Å². The number of carbonyl (C=O) groups excluding carboxylic acids is 1. The number of hydrogen-bond acceptors (Lipinski definition) is 7. The van der Waals surface area contributed by atoms with Crippen molar-refractivity contribution in [2.75, 3.05) is 0 Å². The largest absolute Gasteiger partial charge is 0.271 e. The van der Waals surface area contributed by atoms with Crippen LogP contribution in [0.1, 0.15) is 28.5 Å². The first-order valence-corrected chi connectivity index (χ1v) is 9.96. The van der Waals surface area contributed by atoms with Gasteiger partial charge in [-0.05, 0) is 55.0 Å². The number of hydrogen-bond donors (Lipinski definition) is 1. The Morgan fingerprint density at radius 3 is 2.75 bits per heavy atom. The molecule has 32 heavy (non-hydrogen) atoms. The average molecular weight is 422 g/mol. The first-order chi connectivity index (χ1) is 15.7. The Morgan fingerprint density at radius 1 is 1.03 bits per heavy atom. The molecule has 5 rings (SSSR count). The van der Waals surface area contributed by atoms with Crippen LogP contribution < -0.4 is 5.43 Å². The Balaban J connectivity index is 1.39. The summed E-state index contributed by atoms with van der Waals surface area (Å²) in [4.78, 5) is 25.1. The van der Waals surface area contributed by atoms with Gasteiger partial charge in [-0.15, -0.1) is 5.10 Å². The number of nitrogens with zero attached hydrogens (tertiary/aromatic N) is 7. The first-order valence-electron chi connectivity index (χ1n) is 9.96. The van der Waals surface area contributed by atoms with Crippen LogP contribution in [0.3, 0.4) is 0 Å². The van der Waals surface area contributed by atoms with E-state index in [9.17, 15) is 4.79 Å². The lowest BCUT2D eigenvalue weighted by molar-refractivity contribution is 0.0954. The van der Waals surface area contributed by atoms with Crippen molar-refractivity contribution in [2.45, 2.75) is 13.5 Å². The fourth-order valence-corrected chi connectivity index (χ4v) is 3.32. The predicted octanol–water partition coefficient (Wildman–Crippen LogP) is 2.97. The summed E-state index contributed by atoms with van der Waals surface area (Å²) in [7, 11) is 0. The molecule has 4 aromatic heterocycles. The third-order valence-electron chi connectivity index (χ3n) is 5.00. The number of fused-ring (bicyclic) bond motifs is 2. The van der Waals surface area contributed by atoms with Gasteiger partial charge in [0, 0.05) is 29.5 Å². The van der Waals surface area contributed by atoms with Gasteiger partial charge in [0.15, 0.2) is 5.65 Å². The second kappa shape index (κ2) is 8.31. The third-order valence-corrected chi connectivity index (χ3v) is 5.00. The van der Waals surface area contributed by atoms with Crippen LogP contribution in [-0.4, -0.2) is 41.6 Å². The lowest BCUT2D eigenvalue weighted by Gasteiger charge is -2.06. The molecule has 0 unspecified atom stereocenters. The summed E-state index contributed by atoms with van der Waals surface area (Å²) in [5.41, 5.74) is 7.56. The summed E-state index contributed by atoms with van der Waals surface area (Å²) in [6.07, 6.45) is 4.89. The summed E-state index contributed by atoms with van der Waals surface area (Å²) >= 11 is 0. The standard InChI is InChI=1S/C23H18N8O/c1-15(27-29-23(32)17-8-11-24-12-9-17)19-6-7-21-22(26-19)31(30-28-21)14-16-4-5-20-18(13-16)3-2-10-25-20/h2-13H,14H2,1H3,(H,29,32)/b27-15-. The summed E-state index contributed by atoms with van der Waals surface area (Å²) in [5, 5.41) is 13.7. The Morgan fingerprint density at radius 2 is 1.88 bits per heavy atom. The van der Waals surface area contributed by atoms with Gasteiger partial charge in [0.1, 0.15) is 5.52 Å². The van der Waals surface area contributed by atoms with Gasteiger partial charge >= 0.3 is 0 Å². The Kier molecular flexibility index (Phi) is 5.04. The molecule has 0 fully saturated rings. The molecule has 0 aliphatic heterocycles. The molecule has 0 aliphatic rings. The van der Waals surface area contributed by atoms with Crippen LogP contribution in [-0.2, 0) is 6.54 Å². The highest BCUT2D eigenvalue weighted by atomic mass is 16.2. The van der Waals surface area contributed by atoms with Gasteiger partial charge in [-0.3, -0.25) is 14.8 Å². The molecule has 1 amide bonds. The average Bonchev–Trinajstić information content (AvgIpc) is 3.24. The van der Waals surface area contributed by atoms with Crippen LogP contribution >= 0.6 is 0 Å². The van der Waals surface area contributed by atoms with E-state index in [2.05, 4.69) is 41.9 Å². The second-order valence-electron chi connectivity index (χ2n) is 7.19. The molecular weight excluding hydrogens is 404 g/mol. The van der Waals surface area contributed by atoms with Crippen LogP contribution in [0.4, 0.5) is 0 Å². The van der Waals surface area contributed by atoms with Crippen molar-refractivity contribution >= 4 is 33.7 Å². The number of amides is 1. The number of benzene rings is 1. The molecular formula is C23H18N8O. The van der Waals surface area contributed by atoms with Crippen LogP contribution in [0.25, 0.3) is 22.1 Å². The topological polar surface area (TPSA) is 111 Å². The van der Waals surface area contributed by atoms with E-state index in [1.165, 1.54) is 0 Å². The summed E-state index contributed by atoms with van der Waals surface area (Å²) < 4.78 is 1.75. The molecule has 0 spiro atoms. The molecule has 0 saturated heterocycles. The van der Waals surface area contributed by atoms with Crippen molar-refractivity contribution in [3.63, 3.8) is 0 Å². The maximum atomic E-state index is 12.2. The van der Waals surface area contributed by atoms with Gasteiger partial charge in [0.2, 0.25) is 0 Å². The van der Waals surface area contributed by atoms with E-state index >= 15 is 0 Å². The third kappa shape index (κ3) is 3.91. The molecule has 0 bridgehead atoms. The minimum absolute atomic E-state index is 0.315. The highest BCUT2D eigenvalue weighted by molar-refractivity contribution is 6.00. The van der Waals surface area contributed by atoms with Gasteiger partial charge in [0.05, 0.1) is 23.5 Å². The molecule has 0 radical (unpaired) electrons. The SMILES string of the molecule is C/C(=N/NC(=O)c1ccncc1)c1ccc2nnn(Cc3ccc4ncccc4c3)c2n1. The van der Waals surface area contributed by atoms with Crippen molar-refractivity contribution < 1.29 is 4.79 Å². The quantitative estimate of drug-likeness (QED) is 0.344. The van der Waals surface area contributed by atoms with Crippen molar-refractivity contribution in [3.8, 4) is 0 Å². The van der Waals surface area contributed by atoms with E-state index in [-0.39, 0.29) is 5.91 Å². The van der Waals surface area contributed by atoms with Crippen molar-refractivity contribution in [3.05, 3.63) is 90.0 Å². The number of hydrazone groups is 1. The number of nitrogens with one attached hydrogen (secondary N) is 1. The zero-order valence-corrected chi connectivity index (χ0v) is 17.2. The van der Waals surface area contributed by atoms with E-state index in [1.54, 1.807) is 48.4 Å². The van der Waals surface area contributed by atoms with Crippen molar-refractivity contribution in [1.29, 1.82) is 0 Å². The molecule has 1 aromatic carbocycles. The molecule has 1 N–H and O–H groups in total. The van der Waals surface area contributed by atoms with Crippen LogP contribution in [0.5, 0.6) is 0 Å². The fraction of sp³-hybridized carbons (Fsp3) is 0.0870. The molecule has 156 valence electrons. The number of pyridine rings is 3. The first kappa shape index (κ1) is 19.4. The van der Waals surface area contributed by atoms with E-state index in [1.807, 2.05) is 30.3 Å². The molecule has 0 atom stereocenters. The van der Waals surface area contributed by atoms with E-state index < -0.39 is 0 Å². The van der Waals surface area contributed by atoms with Gasteiger partial charge in [-0.25, -0.2) is 15.1 Å². The molecule has 9 nitrogen and oxygen atoms in total. The summed E-state index contributed by atoms with van der Waals surface area (Å²) in [6.45, 7) is 2.30. The van der Waals surface area contributed by atoms with E-state index in [4.69, 9.17) is 0 Å². The van der Waals surface area contributed by atoms with Crippen LogP contribution in [0, 0.1) is 0 Å². The molecule has 5 aromatic rings. The predicted molar refractivity (Wildman–Crippen MR) is 120 cm³/mol. The van der Waals surface area contributed by atoms with Crippen molar-refractivity contribution in [2.24, 2.45) is 5.10 Å². The number of aromatic nitrogens is 6. The zero-order valence-electron chi connectivity index (χ0n) is 17.2. The molecule has 9 heteroatoms. The maximum absolute atomic E-state index is 12.2. The molecule has 0 saturated carbocycles. The molecule has 4 heterocycles. The smallest absolute Gasteiger partial charge is 0.267 e. The highest BCUT2D eigenvalue weighted by Gasteiger charge is 2.11. The maximum Gasteiger partial charge on any atom is 0.271 e. The molecule has 0 aliphatic carbocycles. The zero-order chi connectivity index (χ0) is 21.9. The monoisotopic (exact) mass is 422 g/mol. The van der Waals surface area contributed by atoms with Gasteiger partial charge in [0.25, 0.3) is 5.91 Å². The Hall–Kier alpha value is -4.53. The highest BCUT2D eigenvalue weighted by Crippen LogP contribution is 2.16. The van der Waals surface area contributed by atoms with E-state index in [0.29, 0.717) is 34.7 Å². The lowest BCUT2D eigenvalue weighted by atomic mass is 10.1. The summed E-state index contributed by atoms with van der Waals surface area (Å²) in [5.74, 6) is -0.315. The fourth-order valence-electron chi connectivity index (χ4n) is 3.32. The number of rotatable bonds is 5. The summed E-state index contributed by atoms with van der Waals surface area (Å²) in [6, 6.07) is 16.9.